The lowest BCUT2D eigenvalue weighted by Gasteiger charge is -2.14. The molecule has 0 amide bonds. The third-order valence-electron chi connectivity index (χ3n) is 2.68. The first-order chi connectivity index (χ1) is 9.25. The number of hydrogen-bond donors (Lipinski definition) is 1. The van der Waals surface area contributed by atoms with Crippen molar-refractivity contribution in [3.8, 4) is 5.75 Å². The highest BCUT2D eigenvalue weighted by atomic mass is 16.5. The number of nitrogens with zero attached hydrogens (tertiary/aromatic N) is 1. The number of benzene rings is 1. The summed E-state index contributed by atoms with van der Waals surface area (Å²) < 4.78 is 5.79. The summed E-state index contributed by atoms with van der Waals surface area (Å²) >= 11 is 0. The van der Waals surface area contributed by atoms with Crippen LogP contribution in [0.3, 0.4) is 0 Å². The number of aromatic nitrogens is 1. The van der Waals surface area contributed by atoms with E-state index in [0.29, 0.717) is 0 Å². The molecular weight excluding hydrogens is 236 g/mol. The summed E-state index contributed by atoms with van der Waals surface area (Å²) in [6.07, 6.45) is 2.00. The van der Waals surface area contributed by atoms with E-state index in [0.717, 1.165) is 24.5 Å². The molecule has 0 bridgehead atoms. The summed E-state index contributed by atoms with van der Waals surface area (Å²) in [6.45, 7) is 5.62. The van der Waals surface area contributed by atoms with Crippen molar-refractivity contribution < 1.29 is 4.74 Å². The fourth-order valence-corrected chi connectivity index (χ4v) is 1.85. The maximum absolute atomic E-state index is 5.79. The van der Waals surface area contributed by atoms with E-state index in [9.17, 15) is 0 Å². The Balaban J connectivity index is 1.92. The van der Waals surface area contributed by atoms with Crippen LogP contribution in [0, 0.1) is 0 Å². The molecule has 1 aromatic heterocycles. The van der Waals surface area contributed by atoms with Gasteiger partial charge in [-0.3, -0.25) is 4.98 Å². The fraction of sp³-hybridized carbons (Fsp3) is 0.312. The first kappa shape index (κ1) is 13.6. The minimum Gasteiger partial charge on any atom is -0.491 e. The van der Waals surface area contributed by atoms with Crippen molar-refractivity contribution >= 4 is 0 Å². The first-order valence-corrected chi connectivity index (χ1v) is 6.61. The number of ether oxygens (including phenoxy) is 1. The minimum absolute atomic E-state index is 0.192. The minimum atomic E-state index is 0.192. The molecule has 0 unspecified atom stereocenters. The molecule has 0 aliphatic rings. The fourth-order valence-electron chi connectivity index (χ4n) is 1.85. The van der Waals surface area contributed by atoms with Crippen LogP contribution in [0.4, 0.5) is 0 Å². The molecular formula is C16H20N2O. The standard InChI is InChI=1S/C16H20N2O/c1-13(2)19-16-9-4-3-7-14(16)11-17-12-15-8-5-6-10-18-15/h3-10,13,17H,11-12H2,1-2H3. The monoisotopic (exact) mass is 256 g/mol. The van der Waals surface area contributed by atoms with Crippen molar-refractivity contribution in [2.24, 2.45) is 0 Å². The van der Waals surface area contributed by atoms with Gasteiger partial charge in [0.25, 0.3) is 0 Å². The Bertz CT molecular complexity index is 497. The summed E-state index contributed by atoms with van der Waals surface area (Å²) in [5.41, 5.74) is 2.22. The second-order valence-electron chi connectivity index (χ2n) is 4.70. The SMILES string of the molecule is CC(C)Oc1ccccc1CNCc1ccccn1. The molecule has 0 spiro atoms. The summed E-state index contributed by atoms with van der Waals surface area (Å²) in [6, 6.07) is 14.1. The van der Waals surface area contributed by atoms with Gasteiger partial charge in [-0.15, -0.1) is 0 Å². The van der Waals surface area contributed by atoms with Gasteiger partial charge < -0.3 is 10.1 Å². The van der Waals surface area contributed by atoms with Crippen LogP contribution >= 0.6 is 0 Å². The molecule has 2 rings (SSSR count). The quantitative estimate of drug-likeness (QED) is 0.862. The molecule has 0 aliphatic heterocycles. The summed E-state index contributed by atoms with van der Waals surface area (Å²) in [7, 11) is 0. The third kappa shape index (κ3) is 4.38. The molecule has 3 heteroatoms. The predicted octanol–water partition coefficient (Wildman–Crippen LogP) is 3.16. The summed E-state index contributed by atoms with van der Waals surface area (Å²) in [5, 5.41) is 3.39. The van der Waals surface area contributed by atoms with Crippen molar-refractivity contribution in [1.82, 2.24) is 10.3 Å². The largest absolute Gasteiger partial charge is 0.491 e. The lowest BCUT2D eigenvalue weighted by Crippen LogP contribution is -2.15. The summed E-state index contributed by atoms with van der Waals surface area (Å²) in [5.74, 6) is 0.950. The second-order valence-corrected chi connectivity index (χ2v) is 4.70. The van der Waals surface area contributed by atoms with Gasteiger partial charge in [0.1, 0.15) is 5.75 Å². The normalized spacial score (nSPS) is 10.7. The molecule has 0 atom stereocenters. The zero-order chi connectivity index (χ0) is 13.5. The van der Waals surface area contributed by atoms with Crippen LogP contribution in [0.15, 0.2) is 48.7 Å². The zero-order valence-electron chi connectivity index (χ0n) is 11.5. The Morgan fingerprint density at radius 3 is 2.58 bits per heavy atom. The zero-order valence-corrected chi connectivity index (χ0v) is 11.5. The Morgan fingerprint density at radius 1 is 1.05 bits per heavy atom. The van der Waals surface area contributed by atoms with Crippen molar-refractivity contribution in [2.75, 3.05) is 0 Å². The van der Waals surface area contributed by atoms with E-state index in [4.69, 9.17) is 4.74 Å². The molecule has 1 N–H and O–H groups in total. The maximum Gasteiger partial charge on any atom is 0.124 e. The molecule has 1 aromatic carbocycles. The van der Waals surface area contributed by atoms with Crippen molar-refractivity contribution in [3.63, 3.8) is 0 Å². The van der Waals surface area contributed by atoms with Crippen LogP contribution in [0.25, 0.3) is 0 Å². The van der Waals surface area contributed by atoms with Gasteiger partial charge in [0.15, 0.2) is 0 Å². The van der Waals surface area contributed by atoms with Crippen molar-refractivity contribution in [1.29, 1.82) is 0 Å². The van der Waals surface area contributed by atoms with Gasteiger partial charge in [0.05, 0.1) is 11.8 Å². The highest BCUT2D eigenvalue weighted by Gasteiger charge is 2.04. The molecule has 19 heavy (non-hydrogen) atoms. The number of rotatable bonds is 6. The van der Waals surface area contributed by atoms with E-state index in [1.54, 1.807) is 0 Å². The Hall–Kier alpha value is -1.87. The number of hydrogen-bond acceptors (Lipinski definition) is 3. The van der Waals surface area contributed by atoms with E-state index in [2.05, 4.69) is 16.4 Å². The molecule has 100 valence electrons. The number of nitrogens with one attached hydrogen (secondary N) is 1. The average molecular weight is 256 g/mol. The second kappa shape index (κ2) is 6.90. The van der Waals surface area contributed by atoms with Crippen LogP contribution in [-0.4, -0.2) is 11.1 Å². The number of para-hydroxylation sites is 1. The van der Waals surface area contributed by atoms with E-state index in [1.165, 1.54) is 5.56 Å². The van der Waals surface area contributed by atoms with Crippen LogP contribution in [0.1, 0.15) is 25.1 Å². The van der Waals surface area contributed by atoms with Crippen molar-refractivity contribution in [3.05, 3.63) is 59.9 Å². The van der Waals surface area contributed by atoms with Gasteiger partial charge in [-0.1, -0.05) is 24.3 Å². The van der Waals surface area contributed by atoms with E-state index >= 15 is 0 Å². The van der Waals surface area contributed by atoms with Gasteiger partial charge in [-0.25, -0.2) is 0 Å². The maximum atomic E-state index is 5.79. The summed E-state index contributed by atoms with van der Waals surface area (Å²) in [4.78, 5) is 4.29. The molecule has 0 radical (unpaired) electrons. The Morgan fingerprint density at radius 2 is 1.84 bits per heavy atom. The smallest absolute Gasteiger partial charge is 0.124 e. The van der Waals surface area contributed by atoms with Crippen LogP contribution < -0.4 is 10.1 Å². The molecule has 0 saturated heterocycles. The van der Waals surface area contributed by atoms with Crippen LogP contribution in [0.5, 0.6) is 5.75 Å². The van der Waals surface area contributed by atoms with E-state index in [1.807, 2.05) is 56.4 Å². The molecule has 3 nitrogen and oxygen atoms in total. The highest BCUT2D eigenvalue weighted by molar-refractivity contribution is 5.33. The van der Waals surface area contributed by atoms with E-state index < -0.39 is 0 Å². The highest BCUT2D eigenvalue weighted by Crippen LogP contribution is 2.19. The van der Waals surface area contributed by atoms with Gasteiger partial charge in [-0.05, 0) is 32.0 Å². The molecule has 2 aromatic rings. The van der Waals surface area contributed by atoms with E-state index in [-0.39, 0.29) is 6.10 Å². The molecule has 1 heterocycles. The Kier molecular flexibility index (Phi) is 4.93. The third-order valence-corrected chi connectivity index (χ3v) is 2.68. The lowest BCUT2D eigenvalue weighted by atomic mass is 10.2. The molecule has 0 saturated carbocycles. The number of pyridine rings is 1. The van der Waals surface area contributed by atoms with Gasteiger partial charge >= 0.3 is 0 Å². The topological polar surface area (TPSA) is 34.1 Å². The van der Waals surface area contributed by atoms with Crippen LogP contribution in [0.2, 0.25) is 0 Å². The van der Waals surface area contributed by atoms with Crippen molar-refractivity contribution in [2.45, 2.75) is 33.0 Å². The molecule has 0 aliphatic carbocycles. The van der Waals surface area contributed by atoms with Crippen LogP contribution in [-0.2, 0) is 13.1 Å². The lowest BCUT2D eigenvalue weighted by molar-refractivity contribution is 0.239. The molecule has 0 fully saturated rings. The van der Waals surface area contributed by atoms with Gasteiger partial charge in [0.2, 0.25) is 0 Å². The first-order valence-electron chi connectivity index (χ1n) is 6.61. The average Bonchev–Trinajstić information content (AvgIpc) is 2.41. The predicted molar refractivity (Wildman–Crippen MR) is 77.0 cm³/mol. The Labute approximate surface area is 114 Å². The van der Waals surface area contributed by atoms with Gasteiger partial charge in [0, 0.05) is 24.8 Å². The van der Waals surface area contributed by atoms with Gasteiger partial charge in [-0.2, -0.15) is 0 Å².